The Hall–Kier alpha value is -0.570. The Labute approximate surface area is 117 Å². The van der Waals surface area contributed by atoms with E-state index in [9.17, 15) is 4.79 Å². The second-order valence-corrected chi connectivity index (χ2v) is 6.95. The lowest BCUT2D eigenvalue weighted by molar-refractivity contribution is -0.138. The zero-order chi connectivity index (χ0) is 13.8. The van der Waals surface area contributed by atoms with E-state index in [1.54, 1.807) is 0 Å². The molecule has 1 saturated carbocycles. The van der Waals surface area contributed by atoms with Crippen LogP contribution in [-0.2, 0) is 4.79 Å². The second-order valence-electron chi connectivity index (χ2n) is 6.95. The van der Waals surface area contributed by atoms with Crippen molar-refractivity contribution in [1.82, 2.24) is 4.90 Å². The quantitative estimate of drug-likeness (QED) is 0.828. The van der Waals surface area contributed by atoms with Crippen molar-refractivity contribution in [3.8, 4) is 0 Å². The average molecular weight is 267 g/mol. The molecular formula is C16H29NO2. The lowest BCUT2D eigenvalue weighted by atomic mass is 9.80. The molecule has 0 aromatic heterocycles. The standard InChI is InChI=1S/C16H29NO2/c1-12(2)9-13-5-3-6-14(10-13)17-8-4-7-15(17)11-16(18)19/h12-15H,3-11H2,1-2H3,(H,18,19). The van der Waals surface area contributed by atoms with E-state index in [1.807, 2.05) is 0 Å². The number of nitrogens with zero attached hydrogens (tertiary/aromatic N) is 1. The average Bonchev–Trinajstić information content (AvgIpc) is 2.75. The Morgan fingerprint density at radius 1 is 1.26 bits per heavy atom. The van der Waals surface area contributed by atoms with Crippen LogP contribution in [0.4, 0.5) is 0 Å². The van der Waals surface area contributed by atoms with E-state index in [4.69, 9.17) is 5.11 Å². The van der Waals surface area contributed by atoms with Crippen molar-refractivity contribution in [3.63, 3.8) is 0 Å². The van der Waals surface area contributed by atoms with Crippen LogP contribution in [0, 0.1) is 11.8 Å². The molecule has 0 amide bonds. The molecular weight excluding hydrogens is 238 g/mol. The summed E-state index contributed by atoms with van der Waals surface area (Å²) in [5.41, 5.74) is 0. The third kappa shape index (κ3) is 4.20. The maximum absolute atomic E-state index is 11.0. The molecule has 0 spiro atoms. The van der Waals surface area contributed by atoms with Crippen LogP contribution in [0.1, 0.15) is 65.2 Å². The fourth-order valence-electron chi connectivity index (χ4n) is 4.20. The number of carboxylic acids is 1. The zero-order valence-corrected chi connectivity index (χ0v) is 12.5. The Kier molecular flexibility index (Phi) is 5.26. The highest BCUT2D eigenvalue weighted by atomic mass is 16.4. The molecule has 3 nitrogen and oxygen atoms in total. The van der Waals surface area contributed by atoms with E-state index in [0.717, 1.165) is 24.8 Å². The number of carboxylic acid groups (broad SMARTS) is 1. The van der Waals surface area contributed by atoms with Crippen LogP contribution >= 0.6 is 0 Å². The number of rotatable bonds is 5. The summed E-state index contributed by atoms with van der Waals surface area (Å²) in [6.07, 6.45) is 9.24. The highest BCUT2D eigenvalue weighted by Crippen LogP contribution is 2.35. The van der Waals surface area contributed by atoms with Crippen molar-refractivity contribution in [2.45, 2.75) is 77.3 Å². The van der Waals surface area contributed by atoms with Crippen molar-refractivity contribution in [3.05, 3.63) is 0 Å². The fraction of sp³-hybridized carbons (Fsp3) is 0.938. The van der Waals surface area contributed by atoms with Gasteiger partial charge in [0.15, 0.2) is 0 Å². The predicted octanol–water partition coefficient (Wildman–Crippen LogP) is 3.53. The third-order valence-corrected chi connectivity index (χ3v) is 4.86. The molecule has 2 aliphatic rings. The van der Waals surface area contributed by atoms with Crippen LogP contribution in [0.25, 0.3) is 0 Å². The van der Waals surface area contributed by atoms with E-state index in [1.165, 1.54) is 38.5 Å². The van der Waals surface area contributed by atoms with E-state index >= 15 is 0 Å². The molecule has 1 heterocycles. The molecule has 3 atom stereocenters. The van der Waals surface area contributed by atoms with Crippen LogP contribution in [0.2, 0.25) is 0 Å². The Morgan fingerprint density at radius 3 is 2.74 bits per heavy atom. The third-order valence-electron chi connectivity index (χ3n) is 4.86. The van der Waals surface area contributed by atoms with Gasteiger partial charge in [-0.3, -0.25) is 9.69 Å². The Morgan fingerprint density at radius 2 is 2.05 bits per heavy atom. The summed E-state index contributed by atoms with van der Waals surface area (Å²) >= 11 is 0. The molecule has 19 heavy (non-hydrogen) atoms. The molecule has 2 fully saturated rings. The molecule has 3 unspecified atom stereocenters. The summed E-state index contributed by atoms with van der Waals surface area (Å²) < 4.78 is 0. The fourth-order valence-corrected chi connectivity index (χ4v) is 4.20. The van der Waals surface area contributed by atoms with Gasteiger partial charge in [-0.15, -0.1) is 0 Å². The van der Waals surface area contributed by atoms with Gasteiger partial charge in [0, 0.05) is 12.1 Å². The zero-order valence-electron chi connectivity index (χ0n) is 12.5. The van der Waals surface area contributed by atoms with Gasteiger partial charge in [-0.05, 0) is 50.5 Å². The molecule has 0 aromatic rings. The minimum Gasteiger partial charge on any atom is -0.481 e. The van der Waals surface area contributed by atoms with Crippen LogP contribution in [-0.4, -0.2) is 34.6 Å². The van der Waals surface area contributed by atoms with Crippen molar-refractivity contribution in [2.24, 2.45) is 11.8 Å². The first kappa shape index (κ1) is 14.8. The maximum atomic E-state index is 11.0. The van der Waals surface area contributed by atoms with Crippen LogP contribution < -0.4 is 0 Å². The van der Waals surface area contributed by atoms with E-state index in [0.29, 0.717) is 18.5 Å². The van der Waals surface area contributed by atoms with Crippen LogP contribution in [0.3, 0.4) is 0 Å². The highest BCUT2D eigenvalue weighted by Gasteiger charge is 2.34. The topological polar surface area (TPSA) is 40.5 Å². The number of carbonyl (C=O) groups is 1. The van der Waals surface area contributed by atoms with Gasteiger partial charge in [0.2, 0.25) is 0 Å². The first-order valence-corrected chi connectivity index (χ1v) is 8.03. The van der Waals surface area contributed by atoms with Gasteiger partial charge in [0.25, 0.3) is 0 Å². The monoisotopic (exact) mass is 267 g/mol. The first-order valence-electron chi connectivity index (χ1n) is 8.03. The van der Waals surface area contributed by atoms with E-state index in [-0.39, 0.29) is 0 Å². The Bertz CT molecular complexity index is 303. The van der Waals surface area contributed by atoms with Gasteiger partial charge in [0.05, 0.1) is 6.42 Å². The lowest BCUT2D eigenvalue weighted by Gasteiger charge is -2.38. The molecule has 3 heteroatoms. The summed E-state index contributed by atoms with van der Waals surface area (Å²) in [4.78, 5) is 13.5. The van der Waals surface area contributed by atoms with Crippen molar-refractivity contribution < 1.29 is 9.90 Å². The van der Waals surface area contributed by atoms with Gasteiger partial charge in [-0.1, -0.05) is 26.7 Å². The molecule has 1 aliphatic carbocycles. The minimum atomic E-state index is -0.633. The molecule has 1 N–H and O–H groups in total. The molecule has 1 saturated heterocycles. The van der Waals surface area contributed by atoms with Crippen molar-refractivity contribution in [1.29, 1.82) is 0 Å². The number of aliphatic carboxylic acids is 1. The summed E-state index contributed by atoms with van der Waals surface area (Å²) in [5.74, 6) is 1.02. The number of likely N-dealkylation sites (tertiary alicyclic amines) is 1. The lowest BCUT2D eigenvalue weighted by Crippen LogP contribution is -2.42. The maximum Gasteiger partial charge on any atom is 0.304 e. The van der Waals surface area contributed by atoms with Crippen molar-refractivity contribution in [2.75, 3.05) is 6.54 Å². The first-order chi connectivity index (χ1) is 9.06. The minimum absolute atomic E-state index is 0.306. The van der Waals surface area contributed by atoms with Gasteiger partial charge >= 0.3 is 5.97 Å². The normalized spacial score (nSPS) is 32.9. The van der Waals surface area contributed by atoms with Gasteiger partial charge in [-0.25, -0.2) is 0 Å². The van der Waals surface area contributed by atoms with E-state index < -0.39 is 5.97 Å². The van der Waals surface area contributed by atoms with Gasteiger partial charge in [0.1, 0.15) is 0 Å². The SMILES string of the molecule is CC(C)CC1CCCC(N2CCCC2CC(=O)O)C1. The smallest absolute Gasteiger partial charge is 0.304 e. The highest BCUT2D eigenvalue weighted by molar-refractivity contribution is 5.67. The molecule has 2 rings (SSSR count). The Balaban J connectivity index is 1.90. The summed E-state index contributed by atoms with van der Waals surface area (Å²) in [6, 6.07) is 0.963. The van der Waals surface area contributed by atoms with Crippen LogP contribution in [0.5, 0.6) is 0 Å². The second kappa shape index (κ2) is 6.74. The summed E-state index contributed by atoms with van der Waals surface area (Å²) in [6.45, 7) is 5.75. The molecule has 1 aliphatic heterocycles. The van der Waals surface area contributed by atoms with Gasteiger partial charge < -0.3 is 5.11 Å². The molecule has 0 aromatic carbocycles. The predicted molar refractivity (Wildman–Crippen MR) is 77.2 cm³/mol. The summed E-state index contributed by atoms with van der Waals surface area (Å²) in [5, 5.41) is 9.03. The number of hydrogen-bond donors (Lipinski definition) is 1. The number of hydrogen-bond acceptors (Lipinski definition) is 2. The van der Waals surface area contributed by atoms with Crippen molar-refractivity contribution >= 4 is 5.97 Å². The molecule has 0 bridgehead atoms. The largest absolute Gasteiger partial charge is 0.481 e. The van der Waals surface area contributed by atoms with Crippen LogP contribution in [0.15, 0.2) is 0 Å². The molecule has 0 radical (unpaired) electrons. The molecule has 110 valence electrons. The van der Waals surface area contributed by atoms with E-state index in [2.05, 4.69) is 18.7 Å². The van der Waals surface area contributed by atoms with Gasteiger partial charge in [-0.2, -0.15) is 0 Å². The summed E-state index contributed by atoms with van der Waals surface area (Å²) in [7, 11) is 0.